The van der Waals surface area contributed by atoms with Gasteiger partial charge in [0, 0.05) is 6.07 Å². The van der Waals surface area contributed by atoms with Crippen molar-refractivity contribution in [1.29, 1.82) is 0 Å². The van der Waals surface area contributed by atoms with Crippen LogP contribution in [0.25, 0.3) is 11.0 Å². The molecule has 0 N–H and O–H groups in total. The lowest BCUT2D eigenvalue weighted by atomic mass is 10.2. The number of benzene rings is 1. The van der Waals surface area contributed by atoms with Gasteiger partial charge in [0.05, 0.1) is 12.5 Å². The van der Waals surface area contributed by atoms with Crippen molar-refractivity contribution in [1.82, 2.24) is 0 Å². The topological polar surface area (TPSA) is 56.5 Å². The van der Waals surface area contributed by atoms with E-state index in [0.717, 1.165) is 6.07 Å². The van der Waals surface area contributed by atoms with Gasteiger partial charge in [-0.05, 0) is 12.1 Å². The normalized spacial score (nSPS) is 10.2. The maximum absolute atomic E-state index is 11.6. The highest BCUT2D eigenvalue weighted by Crippen LogP contribution is 2.11. The van der Waals surface area contributed by atoms with Crippen LogP contribution < -0.4 is 5.43 Å². The second-order valence-electron chi connectivity index (χ2n) is 2.96. The minimum Gasteiger partial charge on any atom is -0.463 e. The van der Waals surface area contributed by atoms with Crippen LogP contribution in [-0.4, -0.2) is 13.1 Å². The predicted octanol–water partition coefficient (Wildman–Crippen LogP) is 1.58. The van der Waals surface area contributed by atoms with Gasteiger partial charge in [0.25, 0.3) is 0 Å². The Morgan fingerprint density at radius 2 is 2.07 bits per heavy atom. The predicted molar refractivity (Wildman–Crippen MR) is 53.8 cm³/mol. The molecule has 0 fully saturated rings. The summed E-state index contributed by atoms with van der Waals surface area (Å²) in [5.41, 5.74) is 0.127. The molecular weight excluding hydrogens is 196 g/mol. The number of para-hydroxylation sites is 1. The Labute approximate surface area is 85.1 Å². The smallest absolute Gasteiger partial charge is 0.374 e. The second kappa shape index (κ2) is 3.57. The van der Waals surface area contributed by atoms with Crippen LogP contribution in [0.5, 0.6) is 0 Å². The minimum atomic E-state index is -0.655. The highest BCUT2D eigenvalue weighted by molar-refractivity contribution is 5.88. The van der Waals surface area contributed by atoms with Crippen molar-refractivity contribution in [2.75, 3.05) is 7.11 Å². The number of rotatable bonds is 1. The van der Waals surface area contributed by atoms with Crippen LogP contribution in [0, 0.1) is 0 Å². The average Bonchev–Trinajstić information content (AvgIpc) is 2.28. The van der Waals surface area contributed by atoms with Crippen LogP contribution in [0.15, 0.2) is 39.5 Å². The van der Waals surface area contributed by atoms with Gasteiger partial charge in [-0.3, -0.25) is 4.79 Å². The SMILES string of the molecule is COC(=O)c1cc(=O)c2ccccc2o1. The Kier molecular flexibility index (Phi) is 2.25. The Hall–Kier alpha value is -2.10. The molecule has 0 saturated heterocycles. The van der Waals surface area contributed by atoms with Crippen molar-refractivity contribution < 1.29 is 13.9 Å². The number of ether oxygens (including phenoxy) is 1. The van der Waals surface area contributed by atoms with Gasteiger partial charge in [0.2, 0.25) is 5.76 Å². The molecule has 0 unspecified atom stereocenters. The van der Waals surface area contributed by atoms with E-state index < -0.39 is 5.97 Å². The van der Waals surface area contributed by atoms with E-state index in [2.05, 4.69) is 4.74 Å². The molecule has 1 aromatic carbocycles. The van der Waals surface area contributed by atoms with E-state index >= 15 is 0 Å². The first-order valence-corrected chi connectivity index (χ1v) is 4.33. The summed E-state index contributed by atoms with van der Waals surface area (Å²) < 4.78 is 9.69. The van der Waals surface area contributed by atoms with Crippen molar-refractivity contribution in [3.63, 3.8) is 0 Å². The summed E-state index contributed by atoms with van der Waals surface area (Å²) in [5.74, 6) is -0.737. The molecule has 76 valence electrons. The highest BCUT2D eigenvalue weighted by Gasteiger charge is 2.11. The van der Waals surface area contributed by atoms with Gasteiger partial charge in [-0.15, -0.1) is 0 Å². The van der Waals surface area contributed by atoms with Crippen molar-refractivity contribution >= 4 is 16.9 Å². The summed E-state index contributed by atoms with van der Waals surface area (Å²) in [6, 6.07) is 7.86. The first-order chi connectivity index (χ1) is 7.22. The van der Waals surface area contributed by atoms with Crippen LogP contribution in [0.2, 0.25) is 0 Å². The third-order valence-corrected chi connectivity index (χ3v) is 2.02. The van der Waals surface area contributed by atoms with Crippen LogP contribution in [0.3, 0.4) is 0 Å². The van der Waals surface area contributed by atoms with Crippen LogP contribution in [0.1, 0.15) is 10.6 Å². The number of methoxy groups -OCH3 is 1. The van der Waals surface area contributed by atoms with E-state index in [0.29, 0.717) is 11.0 Å². The number of fused-ring (bicyclic) bond motifs is 1. The Morgan fingerprint density at radius 1 is 1.33 bits per heavy atom. The van der Waals surface area contributed by atoms with Gasteiger partial charge in [-0.1, -0.05) is 12.1 Å². The number of hydrogen-bond acceptors (Lipinski definition) is 4. The third-order valence-electron chi connectivity index (χ3n) is 2.02. The fourth-order valence-corrected chi connectivity index (χ4v) is 1.31. The number of carbonyl (C=O) groups excluding carboxylic acids is 1. The van der Waals surface area contributed by atoms with E-state index in [1.165, 1.54) is 7.11 Å². The number of carbonyl (C=O) groups is 1. The Balaban J connectivity index is 2.73. The molecule has 0 aliphatic rings. The zero-order chi connectivity index (χ0) is 10.8. The molecule has 0 saturated carbocycles. The maximum atomic E-state index is 11.6. The molecule has 15 heavy (non-hydrogen) atoms. The first kappa shape index (κ1) is 9.45. The molecule has 4 heteroatoms. The number of hydrogen-bond donors (Lipinski definition) is 0. The molecule has 0 radical (unpaired) electrons. The fourth-order valence-electron chi connectivity index (χ4n) is 1.31. The quantitative estimate of drug-likeness (QED) is 0.662. The molecule has 0 aliphatic carbocycles. The fraction of sp³-hybridized carbons (Fsp3) is 0.0909. The molecular formula is C11H8O4. The summed E-state index contributed by atoms with van der Waals surface area (Å²) >= 11 is 0. The van der Waals surface area contributed by atoms with Gasteiger partial charge >= 0.3 is 5.97 Å². The molecule has 1 aromatic heterocycles. The van der Waals surface area contributed by atoms with Gasteiger partial charge in [0.15, 0.2) is 5.43 Å². The van der Waals surface area contributed by atoms with E-state index in [1.54, 1.807) is 24.3 Å². The molecule has 0 amide bonds. The lowest BCUT2D eigenvalue weighted by Gasteiger charge is -2.00. The van der Waals surface area contributed by atoms with Crippen LogP contribution in [0.4, 0.5) is 0 Å². The molecule has 2 aromatic rings. The van der Waals surface area contributed by atoms with Crippen molar-refractivity contribution in [2.45, 2.75) is 0 Å². The van der Waals surface area contributed by atoms with E-state index in [4.69, 9.17) is 4.42 Å². The summed E-state index contributed by atoms with van der Waals surface area (Å²) in [4.78, 5) is 22.7. The largest absolute Gasteiger partial charge is 0.463 e. The van der Waals surface area contributed by atoms with Crippen molar-refractivity contribution in [3.05, 3.63) is 46.3 Å². The molecule has 1 heterocycles. The Bertz CT molecular complexity index is 568. The highest BCUT2D eigenvalue weighted by atomic mass is 16.5. The van der Waals surface area contributed by atoms with E-state index in [-0.39, 0.29) is 11.2 Å². The summed E-state index contributed by atoms with van der Waals surface area (Å²) in [7, 11) is 1.23. The van der Waals surface area contributed by atoms with E-state index in [9.17, 15) is 9.59 Å². The summed E-state index contributed by atoms with van der Waals surface area (Å²) in [6.45, 7) is 0. The lowest BCUT2D eigenvalue weighted by Crippen LogP contribution is -2.08. The van der Waals surface area contributed by atoms with Crippen LogP contribution in [-0.2, 0) is 4.74 Å². The second-order valence-corrected chi connectivity index (χ2v) is 2.96. The summed E-state index contributed by atoms with van der Waals surface area (Å²) in [6.07, 6.45) is 0. The summed E-state index contributed by atoms with van der Waals surface area (Å²) in [5, 5.41) is 0.449. The van der Waals surface area contributed by atoms with Gasteiger partial charge in [-0.2, -0.15) is 0 Å². The molecule has 4 nitrogen and oxygen atoms in total. The zero-order valence-electron chi connectivity index (χ0n) is 8.02. The van der Waals surface area contributed by atoms with E-state index in [1.807, 2.05) is 0 Å². The van der Waals surface area contributed by atoms with Gasteiger partial charge < -0.3 is 9.15 Å². The average molecular weight is 204 g/mol. The third kappa shape index (κ3) is 1.61. The molecule has 0 bridgehead atoms. The van der Waals surface area contributed by atoms with Gasteiger partial charge in [-0.25, -0.2) is 4.79 Å². The van der Waals surface area contributed by atoms with Crippen LogP contribution >= 0.6 is 0 Å². The maximum Gasteiger partial charge on any atom is 0.374 e. The molecule has 2 rings (SSSR count). The van der Waals surface area contributed by atoms with Crippen molar-refractivity contribution in [2.24, 2.45) is 0 Å². The van der Waals surface area contributed by atoms with Gasteiger partial charge in [0.1, 0.15) is 5.58 Å². The molecule has 0 atom stereocenters. The molecule has 0 spiro atoms. The zero-order valence-corrected chi connectivity index (χ0v) is 8.02. The Morgan fingerprint density at radius 3 is 2.80 bits per heavy atom. The number of esters is 1. The first-order valence-electron chi connectivity index (χ1n) is 4.33. The minimum absolute atomic E-state index is 0.0822. The molecule has 0 aliphatic heterocycles. The monoisotopic (exact) mass is 204 g/mol. The standard InChI is InChI=1S/C11H8O4/c1-14-11(13)10-6-8(12)7-4-2-3-5-9(7)15-10/h2-6H,1H3. The lowest BCUT2D eigenvalue weighted by molar-refractivity contribution is 0.0565. The van der Waals surface area contributed by atoms with Crippen molar-refractivity contribution in [3.8, 4) is 0 Å².